The molecule has 4 aromatic rings. The molecule has 0 atom stereocenters. The normalized spacial score (nSPS) is 11.5. The third kappa shape index (κ3) is 11.2. The molecule has 0 unspecified atom stereocenters. The molecule has 0 bridgehead atoms. The Morgan fingerprint density at radius 3 is 1.18 bits per heavy atom. The first kappa shape index (κ1) is 37.1. The number of amides is 2. The smallest absolute Gasteiger partial charge is 0.261 e. The second kappa shape index (κ2) is 16.6. The minimum atomic E-state index is -3.77. The van der Waals surface area contributed by atoms with Crippen molar-refractivity contribution in [2.45, 2.75) is 82.4 Å². The van der Waals surface area contributed by atoms with Crippen LogP contribution >= 0.6 is 0 Å². The quantitative estimate of drug-likeness (QED) is 0.0874. The van der Waals surface area contributed by atoms with Crippen LogP contribution in [0.1, 0.15) is 67.2 Å². The average molecular weight is 705 g/mol. The molecule has 4 aromatic carbocycles. The van der Waals surface area contributed by atoms with Gasteiger partial charge in [-0.1, -0.05) is 54.7 Å². The number of rotatable bonds is 16. The third-order valence-corrected chi connectivity index (χ3v) is 10.7. The van der Waals surface area contributed by atoms with E-state index in [1.54, 1.807) is 36.4 Å². The molecule has 0 saturated heterocycles. The Balaban J connectivity index is 1.10. The van der Waals surface area contributed by atoms with Gasteiger partial charge in [-0.3, -0.25) is 19.0 Å². The summed E-state index contributed by atoms with van der Waals surface area (Å²) in [5, 5.41) is 5.62. The van der Waals surface area contributed by atoms with Crippen LogP contribution in [0.2, 0.25) is 0 Å². The molecule has 0 saturated carbocycles. The van der Waals surface area contributed by atoms with Crippen LogP contribution in [0, 0.1) is 27.7 Å². The number of carbonyl (C=O) groups excluding carboxylic acids is 2. The summed E-state index contributed by atoms with van der Waals surface area (Å²) in [6.07, 6.45) is 4.60. The van der Waals surface area contributed by atoms with E-state index in [2.05, 4.69) is 20.1 Å². The number of nitrogens with one attached hydrogen (secondary N) is 4. The number of benzene rings is 4. The summed E-state index contributed by atoms with van der Waals surface area (Å²) in [6.45, 7) is 7.57. The summed E-state index contributed by atoms with van der Waals surface area (Å²) < 4.78 is 56.4. The SMILES string of the molecule is Cc1ccc(NS(=O)(=O)c2ccc(NC(=O)CCCCCCCC(=O)Nc3ccc(S(=O)(=O)Nc4ccc(C)cc4C)cc3)cc2)c(C)c1. The van der Waals surface area contributed by atoms with Gasteiger partial charge in [-0.15, -0.1) is 0 Å². The Morgan fingerprint density at radius 2 is 0.837 bits per heavy atom. The molecular formula is C37H44N4O6S2. The van der Waals surface area contributed by atoms with Gasteiger partial charge in [0, 0.05) is 24.2 Å². The molecule has 10 nitrogen and oxygen atoms in total. The van der Waals surface area contributed by atoms with Crippen molar-refractivity contribution in [2.75, 3.05) is 20.1 Å². The topological polar surface area (TPSA) is 151 Å². The van der Waals surface area contributed by atoms with E-state index in [0.717, 1.165) is 41.5 Å². The molecule has 0 radical (unpaired) electrons. The average Bonchev–Trinajstić information content (AvgIpc) is 3.04. The number of hydrogen-bond donors (Lipinski definition) is 4. The van der Waals surface area contributed by atoms with E-state index in [1.165, 1.54) is 24.3 Å². The van der Waals surface area contributed by atoms with Crippen LogP contribution in [0.4, 0.5) is 22.7 Å². The first-order valence-electron chi connectivity index (χ1n) is 16.2. The minimum Gasteiger partial charge on any atom is -0.326 e. The molecular weight excluding hydrogens is 661 g/mol. The van der Waals surface area contributed by atoms with Gasteiger partial charge in [-0.05, 0) is 112 Å². The first-order chi connectivity index (χ1) is 23.2. The molecule has 0 spiro atoms. The summed E-state index contributed by atoms with van der Waals surface area (Å²) in [5.74, 6) is -0.300. The van der Waals surface area contributed by atoms with Crippen LogP contribution in [0.5, 0.6) is 0 Å². The fourth-order valence-corrected chi connectivity index (χ4v) is 7.51. The van der Waals surface area contributed by atoms with E-state index in [-0.39, 0.29) is 21.6 Å². The van der Waals surface area contributed by atoms with Crippen molar-refractivity contribution in [1.82, 2.24) is 0 Å². The van der Waals surface area contributed by atoms with Gasteiger partial charge in [0.25, 0.3) is 20.0 Å². The zero-order valence-corrected chi connectivity index (χ0v) is 29.9. The summed E-state index contributed by atoms with van der Waals surface area (Å²) >= 11 is 0. The van der Waals surface area contributed by atoms with Gasteiger partial charge in [-0.2, -0.15) is 0 Å². The van der Waals surface area contributed by atoms with E-state index < -0.39 is 20.0 Å². The number of anilines is 4. The number of unbranched alkanes of at least 4 members (excludes halogenated alkanes) is 4. The van der Waals surface area contributed by atoms with E-state index in [0.29, 0.717) is 48.4 Å². The zero-order chi connectivity index (χ0) is 35.6. The zero-order valence-electron chi connectivity index (χ0n) is 28.3. The summed E-state index contributed by atoms with van der Waals surface area (Å²) in [4.78, 5) is 25.0. The predicted molar refractivity (Wildman–Crippen MR) is 196 cm³/mol. The Bertz CT molecular complexity index is 1850. The summed E-state index contributed by atoms with van der Waals surface area (Å²) in [5.41, 5.74) is 5.83. The predicted octanol–water partition coefficient (Wildman–Crippen LogP) is 7.83. The maximum absolute atomic E-state index is 12.8. The number of aryl methyl sites for hydroxylation is 4. The van der Waals surface area contributed by atoms with Crippen molar-refractivity contribution >= 4 is 54.6 Å². The van der Waals surface area contributed by atoms with Gasteiger partial charge in [0.15, 0.2) is 0 Å². The summed E-state index contributed by atoms with van der Waals surface area (Å²) in [6, 6.07) is 23.1. The van der Waals surface area contributed by atoms with Gasteiger partial charge < -0.3 is 10.6 Å². The maximum Gasteiger partial charge on any atom is 0.261 e. The summed E-state index contributed by atoms with van der Waals surface area (Å²) in [7, 11) is -7.54. The molecule has 12 heteroatoms. The molecule has 0 aliphatic rings. The number of hydrogen-bond acceptors (Lipinski definition) is 6. The van der Waals surface area contributed by atoms with E-state index in [9.17, 15) is 26.4 Å². The first-order valence-corrected chi connectivity index (χ1v) is 19.2. The monoisotopic (exact) mass is 704 g/mol. The highest BCUT2D eigenvalue weighted by molar-refractivity contribution is 7.93. The largest absolute Gasteiger partial charge is 0.326 e. The van der Waals surface area contributed by atoms with Crippen LogP contribution in [0.25, 0.3) is 0 Å². The van der Waals surface area contributed by atoms with Crippen molar-refractivity contribution in [3.05, 3.63) is 107 Å². The molecule has 0 aliphatic heterocycles. The molecule has 0 aliphatic carbocycles. The van der Waals surface area contributed by atoms with E-state index in [4.69, 9.17) is 0 Å². The standard InChI is InChI=1S/C37H44N4O6S2/c1-26-12-22-34(28(3)24-26)40-48(44,45)32-18-14-30(15-19-32)38-36(42)10-8-6-5-7-9-11-37(43)39-31-16-20-33(21-17-31)49(46,47)41-35-23-13-27(2)25-29(35)4/h12-25,40-41H,5-11H2,1-4H3,(H,38,42)(H,39,43). The lowest BCUT2D eigenvalue weighted by molar-refractivity contribution is -0.117. The maximum atomic E-state index is 12.8. The molecule has 260 valence electrons. The Hall–Kier alpha value is -4.68. The van der Waals surface area contributed by atoms with Crippen LogP contribution in [0.3, 0.4) is 0 Å². The lowest BCUT2D eigenvalue weighted by atomic mass is 10.1. The Morgan fingerprint density at radius 1 is 0.490 bits per heavy atom. The Labute approximate surface area is 289 Å². The van der Waals surface area contributed by atoms with Crippen molar-refractivity contribution < 1.29 is 26.4 Å². The van der Waals surface area contributed by atoms with Gasteiger partial charge in [-0.25, -0.2) is 16.8 Å². The molecule has 49 heavy (non-hydrogen) atoms. The number of sulfonamides is 2. The molecule has 0 fully saturated rings. The fraction of sp³-hybridized carbons (Fsp3) is 0.297. The fourth-order valence-electron chi connectivity index (χ4n) is 5.25. The minimum absolute atomic E-state index is 0.102. The van der Waals surface area contributed by atoms with Crippen molar-refractivity contribution in [3.63, 3.8) is 0 Å². The highest BCUT2D eigenvalue weighted by Crippen LogP contribution is 2.24. The van der Waals surface area contributed by atoms with Crippen LogP contribution in [-0.2, 0) is 29.6 Å². The van der Waals surface area contributed by atoms with Crippen LogP contribution in [-0.4, -0.2) is 28.6 Å². The second-order valence-corrected chi connectivity index (χ2v) is 15.6. The molecule has 4 N–H and O–H groups in total. The molecule has 4 rings (SSSR count). The second-order valence-electron chi connectivity index (χ2n) is 12.3. The Kier molecular flexibility index (Phi) is 12.6. The van der Waals surface area contributed by atoms with Gasteiger partial charge in [0.1, 0.15) is 0 Å². The van der Waals surface area contributed by atoms with Gasteiger partial charge >= 0.3 is 0 Å². The lowest BCUT2D eigenvalue weighted by Gasteiger charge is -2.12. The third-order valence-electron chi connectivity index (χ3n) is 7.96. The van der Waals surface area contributed by atoms with Gasteiger partial charge in [0.05, 0.1) is 21.2 Å². The van der Waals surface area contributed by atoms with Crippen LogP contribution < -0.4 is 20.1 Å². The van der Waals surface area contributed by atoms with Crippen LogP contribution in [0.15, 0.2) is 94.7 Å². The molecule has 0 aromatic heterocycles. The van der Waals surface area contributed by atoms with Crippen molar-refractivity contribution in [3.8, 4) is 0 Å². The highest BCUT2D eigenvalue weighted by atomic mass is 32.2. The number of carbonyl (C=O) groups is 2. The van der Waals surface area contributed by atoms with E-state index >= 15 is 0 Å². The van der Waals surface area contributed by atoms with E-state index in [1.807, 2.05) is 52.0 Å². The molecule has 2 amide bonds. The van der Waals surface area contributed by atoms with Gasteiger partial charge in [0.2, 0.25) is 11.8 Å². The lowest BCUT2D eigenvalue weighted by Crippen LogP contribution is -2.14. The van der Waals surface area contributed by atoms with Crippen molar-refractivity contribution in [2.24, 2.45) is 0 Å². The highest BCUT2D eigenvalue weighted by Gasteiger charge is 2.17. The van der Waals surface area contributed by atoms with Crippen molar-refractivity contribution in [1.29, 1.82) is 0 Å². The molecule has 0 heterocycles.